The van der Waals surface area contributed by atoms with E-state index in [4.69, 9.17) is 5.11 Å². The maximum Gasteiger partial charge on any atom is 0.304 e. The SMILES string of the molecule is CC(=O)C1(CC(=O)O)CCCC1. The summed E-state index contributed by atoms with van der Waals surface area (Å²) in [5.41, 5.74) is -0.522. The van der Waals surface area contributed by atoms with Gasteiger partial charge in [-0.05, 0) is 19.8 Å². The highest BCUT2D eigenvalue weighted by molar-refractivity contribution is 5.86. The second kappa shape index (κ2) is 3.25. The molecule has 0 aromatic heterocycles. The Labute approximate surface area is 71.8 Å². The molecule has 1 fully saturated rings. The molecule has 0 bridgehead atoms. The lowest BCUT2D eigenvalue weighted by atomic mass is 9.79. The van der Waals surface area contributed by atoms with Crippen LogP contribution in [0.2, 0.25) is 0 Å². The van der Waals surface area contributed by atoms with Crippen molar-refractivity contribution in [1.29, 1.82) is 0 Å². The molecule has 0 aromatic carbocycles. The van der Waals surface area contributed by atoms with E-state index >= 15 is 0 Å². The highest BCUT2D eigenvalue weighted by atomic mass is 16.4. The van der Waals surface area contributed by atoms with E-state index in [1.807, 2.05) is 0 Å². The number of rotatable bonds is 3. The Morgan fingerprint density at radius 3 is 2.17 bits per heavy atom. The number of carboxylic acids is 1. The van der Waals surface area contributed by atoms with Gasteiger partial charge in [0, 0.05) is 5.41 Å². The molecule has 1 aliphatic rings. The molecular formula is C9H14O3. The van der Waals surface area contributed by atoms with Crippen molar-refractivity contribution >= 4 is 11.8 Å². The average molecular weight is 170 g/mol. The maximum absolute atomic E-state index is 11.2. The van der Waals surface area contributed by atoms with Gasteiger partial charge in [0.15, 0.2) is 0 Å². The van der Waals surface area contributed by atoms with Crippen molar-refractivity contribution in [2.45, 2.75) is 39.0 Å². The Kier molecular flexibility index (Phi) is 2.50. The van der Waals surface area contributed by atoms with E-state index < -0.39 is 11.4 Å². The first-order valence-electron chi connectivity index (χ1n) is 4.30. The molecule has 0 spiro atoms. The van der Waals surface area contributed by atoms with Gasteiger partial charge in [0.05, 0.1) is 6.42 Å². The van der Waals surface area contributed by atoms with Gasteiger partial charge in [0.25, 0.3) is 0 Å². The van der Waals surface area contributed by atoms with E-state index in [9.17, 15) is 9.59 Å². The highest BCUT2D eigenvalue weighted by Crippen LogP contribution is 2.41. The number of hydrogen-bond donors (Lipinski definition) is 1. The normalized spacial score (nSPS) is 20.8. The number of carbonyl (C=O) groups excluding carboxylic acids is 1. The van der Waals surface area contributed by atoms with Gasteiger partial charge in [-0.15, -0.1) is 0 Å². The molecule has 0 atom stereocenters. The van der Waals surface area contributed by atoms with Crippen molar-refractivity contribution in [1.82, 2.24) is 0 Å². The molecule has 0 amide bonds. The van der Waals surface area contributed by atoms with Gasteiger partial charge in [-0.25, -0.2) is 0 Å². The molecular weight excluding hydrogens is 156 g/mol. The van der Waals surface area contributed by atoms with Crippen LogP contribution in [0.5, 0.6) is 0 Å². The number of Topliss-reactive ketones (excluding diaryl/α,β-unsaturated/α-hetero) is 1. The minimum Gasteiger partial charge on any atom is -0.481 e. The van der Waals surface area contributed by atoms with Crippen LogP contribution in [0.15, 0.2) is 0 Å². The van der Waals surface area contributed by atoms with E-state index in [0.29, 0.717) is 0 Å². The molecule has 0 saturated heterocycles. The third-order valence-corrected chi connectivity index (χ3v) is 2.80. The molecule has 0 heterocycles. The predicted molar refractivity (Wildman–Crippen MR) is 43.8 cm³/mol. The van der Waals surface area contributed by atoms with Crippen molar-refractivity contribution in [3.8, 4) is 0 Å². The van der Waals surface area contributed by atoms with Gasteiger partial charge in [0.1, 0.15) is 5.78 Å². The molecule has 1 aliphatic carbocycles. The van der Waals surface area contributed by atoms with Crippen molar-refractivity contribution in [3.63, 3.8) is 0 Å². The Morgan fingerprint density at radius 2 is 1.83 bits per heavy atom. The lowest BCUT2D eigenvalue weighted by Gasteiger charge is -2.22. The minimum atomic E-state index is -0.855. The third kappa shape index (κ3) is 1.65. The number of hydrogen-bond acceptors (Lipinski definition) is 2. The summed E-state index contributed by atoms with van der Waals surface area (Å²) < 4.78 is 0. The van der Waals surface area contributed by atoms with E-state index in [2.05, 4.69) is 0 Å². The summed E-state index contributed by atoms with van der Waals surface area (Å²) in [4.78, 5) is 21.8. The summed E-state index contributed by atoms with van der Waals surface area (Å²) in [6.07, 6.45) is 3.52. The molecule has 0 radical (unpaired) electrons. The Bertz CT molecular complexity index is 202. The molecule has 0 aromatic rings. The molecule has 12 heavy (non-hydrogen) atoms. The van der Waals surface area contributed by atoms with Crippen molar-refractivity contribution in [2.24, 2.45) is 5.41 Å². The second-order valence-corrected chi connectivity index (χ2v) is 3.61. The zero-order chi connectivity index (χ0) is 9.19. The zero-order valence-corrected chi connectivity index (χ0v) is 7.30. The van der Waals surface area contributed by atoms with Crippen LogP contribution in [-0.2, 0) is 9.59 Å². The minimum absolute atomic E-state index is 0.0162. The summed E-state index contributed by atoms with van der Waals surface area (Å²) in [5, 5.41) is 8.64. The molecule has 3 heteroatoms. The number of carboxylic acid groups (broad SMARTS) is 1. The van der Waals surface area contributed by atoms with E-state index in [0.717, 1.165) is 25.7 Å². The van der Waals surface area contributed by atoms with Crippen LogP contribution in [0, 0.1) is 5.41 Å². The van der Waals surface area contributed by atoms with E-state index in [-0.39, 0.29) is 12.2 Å². The van der Waals surface area contributed by atoms with Crippen LogP contribution in [-0.4, -0.2) is 16.9 Å². The summed E-state index contributed by atoms with van der Waals surface area (Å²) in [6.45, 7) is 1.51. The largest absolute Gasteiger partial charge is 0.481 e. The van der Waals surface area contributed by atoms with Gasteiger partial charge < -0.3 is 5.11 Å². The monoisotopic (exact) mass is 170 g/mol. The van der Waals surface area contributed by atoms with Gasteiger partial charge in [-0.2, -0.15) is 0 Å². The van der Waals surface area contributed by atoms with Gasteiger partial charge in [-0.3, -0.25) is 9.59 Å². The molecule has 0 unspecified atom stereocenters. The lowest BCUT2D eigenvalue weighted by Crippen LogP contribution is -2.28. The van der Waals surface area contributed by atoms with Crippen molar-refractivity contribution in [2.75, 3.05) is 0 Å². The Balaban J connectivity index is 2.72. The second-order valence-electron chi connectivity index (χ2n) is 3.61. The summed E-state index contributed by atoms with van der Waals surface area (Å²) in [7, 11) is 0. The fourth-order valence-electron chi connectivity index (χ4n) is 1.99. The smallest absolute Gasteiger partial charge is 0.304 e. The first kappa shape index (κ1) is 9.23. The number of ketones is 1. The Morgan fingerprint density at radius 1 is 1.33 bits per heavy atom. The fraction of sp³-hybridized carbons (Fsp3) is 0.778. The standard InChI is InChI=1S/C9H14O3/c1-7(10)9(6-8(11)12)4-2-3-5-9/h2-6H2,1H3,(H,11,12). The Hall–Kier alpha value is -0.860. The first-order chi connectivity index (χ1) is 5.57. The number of carbonyl (C=O) groups is 2. The molecule has 1 N–H and O–H groups in total. The lowest BCUT2D eigenvalue weighted by molar-refractivity contribution is -0.143. The quantitative estimate of drug-likeness (QED) is 0.700. The summed E-state index contributed by atoms with van der Waals surface area (Å²) in [5.74, 6) is -0.811. The van der Waals surface area contributed by atoms with Crippen molar-refractivity contribution in [3.05, 3.63) is 0 Å². The van der Waals surface area contributed by atoms with Gasteiger partial charge >= 0.3 is 5.97 Å². The maximum atomic E-state index is 11.2. The summed E-state index contributed by atoms with van der Waals surface area (Å²) in [6, 6.07) is 0. The summed E-state index contributed by atoms with van der Waals surface area (Å²) >= 11 is 0. The molecule has 0 aliphatic heterocycles. The first-order valence-corrected chi connectivity index (χ1v) is 4.30. The topological polar surface area (TPSA) is 54.4 Å². The molecule has 1 rings (SSSR count). The zero-order valence-electron chi connectivity index (χ0n) is 7.30. The van der Waals surface area contributed by atoms with Crippen LogP contribution < -0.4 is 0 Å². The molecule has 68 valence electrons. The average Bonchev–Trinajstić information content (AvgIpc) is 2.35. The number of aliphatic carboxylic acids is 1. The fourth-order valence-corrected chi connectivity index (χ4v) is 1.99. The molecule has 3 nitrogen and oxygen atoms in total. The van der Waals surface area contributed by atoms with Crippen LogP contribution in [0.25, 0.3) is 0 Å². The van der Waals surface area contributed by atoms with Crippen molar-refractivity contribution < 1.29 is 14.7 Å². The van der Waals surface area contributed by atoms with E-state index in [1.165, 1.54) is 6.92 Å². The van der Waals surface area contributed by atoms with Gasteiger partial charge in [0.2, 0.25) is 0 Å². The predicted octanol–water partition coefficient (Wildman–Crippen LogP) is 1.61. The van der Waals surface area contributed by atoms with Crippen LogP contribution in [0.1, 0.15) is 39.0 Å². The highest BCUT2D eigenvalue weighted by Gasteiger charge is 2.40. The van der Waals surface area contributed by atoms with E-state index in [1.54, 1.807) is 0 Å². The third-order valence-electron chi connectivity index (χ3n) is 2.80. The van der Waals surface area contributed by atoms with Crippen LogP contribution >= 0.6 is 0 Å². The molecule has 1 saturated carbocycles. The van der Waals surface area contributed by atoms with Gasteiger partial charge in [-0.1, -0.05) is 12.8 Å². The van der Waals surface area contributed by atoms with Crippen LogP contribution in [0.4, 0.5) is 0 Å². The van der Waals surface area contributed by atoms with Crippen LogP contribution in [0.3, 0.4) is 0 Å².